The van der Waals surface area contributed by atoms with Crippen LogP contribution in [0.25, 0.3) is 0 Å². The molecular weight excluding hydrogens is 250 g/mol. The Hall–Kier alpha value is -1.16. The lowest BCUT2D eigenvalue weighted by molar-refractivity contribution is -0.0767. The first-order valence-corrected chi connectivity index (χ1v) is 7.86. The van der Waals surface area contributed by atoms with Gasteiger partial charge in [-0.3, -0.25) is 0 Å². The van der Waals surface area contributed by atoms with E-state index in [0.29, 0.717) is 6.61 Å². The molecule has 1 heterocycles. The van der Waals surface area contributed by atoms with Crippen LogP contribution in [0.5, 0.6) is 0 Å². The Bertz CT molecular complexity index is 423. The van der Waals surface area contributed by atoms with Crippen molar-refractivity contribution in [2.24, 2.45) is 0 Å². The molecule has 0 saturated heterocycles. The maximum absolute atomic E-state index is 6.14. The minimum Gasteiger partial charge on any atom is -0.373 e. The molecule has 0 unspecified atom stereocenters. The van der Waals surface area contributed by atoms with Crippen molar-refractivity contribution < 1.29 is 4.74 Å². The van der Waals surface area contributed by atoms with E-state index in [4.69, 9.17) is 14.7 Å². The van der Waals surface area contributed by atoms with Gasteiger partial charge >= 0.3 is 0 Å². The van der Waals surface area contributed by atoms with Crippen molar-refractivity contribution in [3.05, 3.63) is 17.1 Å². The van der Waals surface area contributed by atoms with E-state index in [2.05, 4.69) is 26.1 Å². The van der Waals surface area contributed by atoms with Gasteiger partial charge < -0.3 is 10.1 Å². The molecule has 0 aromatic carbocycles. The standard InChI is InChI=1S/C16H27N3O/c1-5-13-12(3)14(17-4)19-15(18-13)16(20-6-2)10-8-7-9-11-16/h5-11H2,1-4H3,(H,17,18,19). The molecule has 20 heavy (non-hydrogen) atoms. The van der Waals surface area contributed by atoms with Gasteiger partial charge in [0.2, 0.25) is 0 Å². The average molecular weight is 277 g/mol. The second-order valence-corrected chi connectivity index (χ2v) is 5.56. The Labute approximate surface area is 122 Å². The third kappa shape index (κ3) is 2.80. The summed E-state index contributed by atoms with van der Waals surface area (Å²) in [6.45, 7) is 7.01. The third-order valence-electron chi connectivity index (χ3n) is 4.31. The van der Waals surface area contributed by atoms with Gasteiger partial charge in [-0.05, 0) is 33.1 Å². The van der Waals surface area contributed by atoms with Crippen LogP contribution in [0.4, 0.5) is 5.82 Å². The largest absolute Gasteiger partial charge is 0.373 e. The maximum Gasteiger partial charge on any atom is 0.162 e. The number of hydrogen-bond acceptors (Lipinski definition) is 4. The molecule has 1 fully saturated rings. The molecule has 1 aliphatic carbocycles. The first kappa shape index (κ1) is 15.2. The van der Waals surface area contributed by atoms with Crippen LogP contribution in [0.15, 0.2) is 0 Å². The molecule has 1 aromatic heterocycles. The van der Waals surface area contributed by atoms with Gasteiger partial charge in [0.15, 0.2) is 5.82 Å². The average Bonchev–Trinajstić information content (AvgIpc) is 2.48. The summed E-state index contributed by atoms with van der Waals surface area (Å²) in [5.74, 6) is 1.82. The smallest absolute Gasteiger partial charge is 0.162 e. The van der Waals surface area contributed by atoms with E-state index in [9.17, 15) is 0 Å². The van der Waals surface area contributed by atoms with Crippen molar-refractivity contribution in [1.29, 1.82) is 0 Å². The van der Waals surface area contributed by atoms with Crippen molar-refractivity contribution in [2.75, 3.05) is 19.0 Å². The van der Waals surface area contributed by atoms with Crippen molar-refractivity contribution in [1.82, 2.24) is 9.97 Å². The number of anilines is 1. The molecular formula is C16H27N3O. The molecule has 1 saturated carbocycles. The van der Waals surface area contributed by atoms with E-state index in [1.165, 1.54) is 19.3 Å². The van der Waals surface area contributed by atoms with Crippen molar-refractivity contribution in [2.45, 2.75) is 64.9 Å². The summed E-state index contributed by atoms with van der Waals surface area (Å²) in [4.78, 5) is 9.60. The van der Waals surface area contributed by atoms with Crippen LogP contribution in [-0.2, 0) is 16.8 Å². The van der Waals surface area contributed by atoms with Crippen molar-refractivity contribution in [3.63, 3.8) is 0 Å². The molecule has 112 valence electrons. The first-order chi connectivity index (χ1) is 9.66. The zero-order valence-electron chi connectivity index (χ0n) is 13.3. The summed E-state index contributed by atoms with van der Waals surface area (Å²) in [7, 11) is 1.92. The van der Waals surface area contributed by atoms with Crippen molar-refractivity contribution in [3.8, 4) is 0 Å². The number of rotatable bonds is 5. The summed E-state index contributed by atoms with van der Waals surface area (Å²) in [5, 5.41) is 3.20. The van der Waals surface area contributed by atoms with Crippen molar-refractivity contribution >= 4 is 5.82 Å². The summed E-state index contributed by atoms with van der Waals surface area (Å²) < 4.78 is 6.14. The van der Waals surface area contributed by atoms with E-state index in [1.54, 1.807) is 0 Å². The number of aromatic nitrogens is 2. The van der Waals surface area contributed by atoms with Gasteiger partial charge in [0, 0.05) is 24.9 Å². The maximum atomic E-state index is 6.14. The van der Waals surface area contributed by atoms with Crippen LogP contribution in [0.2, 0.25) is 0 Å². The number of nitrogens with zero attached hydrogens (tertiary/aromatic N) is 2. The molecule has 0 amide bonds. The second kappa shape index (κ2) is 6.53. The van der Waals surface area contributed by atoms with E-state index in [1.807, 2.05) is 7.05 Å². The summed E-state index contributed by atoms with van der Waals surface area (Å²) >= 11 is 0. The third-order valence-corrected chi connectivity index (χ3v) is 4.31. The quantitative estimate of drug-likeness (QED) is 0.893. The number of aryl methyl sites for hydroxylation is 1. The number of nitrogens with one attached hydrogen (secondary N) is 1. The highest BCUT2D eigenvalue weighted by molar-refractivity contribution is 5.45. The van der Waals surface area contributed by atoms with Gasteiger partial charge in [0.1, 0.15) is 11.4 Å². The molecule has 1 aliphatic rings. The fraction of sp³-hybridized carbons (Fsp3) is 0.750. The number of ether oxygens (including phenoxy) is 1. The summed E-state index contributed by atoms with van der Waals surface area (Å²) in [5.41, 5.74) is 2.01. The first-order valence-electron chi connectivity index (χ1n) is 7.86. The van der Waals surface area contributed by atoms with E-state index < -0.39 is 0 Å². The molecule has 2 rings (SSSR count). The van der Waals surface area contributed by atoms with Crippen LogP contribution < -0.4 is 5.32 Å². The molecule has 0 radical (unpaired) electrons. The highest BCUT2D eigenvalue weighted by Gasteiger charge is 2.38. The predicted octanol–water partition coefficient (Wildman–Crippen LogP) is 3.59. The van der Waals surface area contributed by atoms with Gasteiger partial charge in [-0.15, -0.1) is 0 Å². The minimum atomic E-state index is -0.268. The van der Waals surface area contributed by atoms with Crippen LogP contribution >= 0.6 is 0 Å². The van der Waals surface area contributed by atoms with Gasteiger partial charge in [-0.2, -0.15) is 0 Å². The lowest BCUT2D eigenvalue weighted by Gasteiger charge is -2.36. The van der Waals surface area contributed by atoms with Gasteiger partial charge in [0.25, 0.3) is 0 Å². The highest BCUT2D eigenvalue weighted by atomic mass is 16.5. The Balaban J connectivity index is 2.47. The van der Waals surface area contributed by atoms with E-state index in [-0.39, 0.29) is 5.60 Å². The summed E-state index contributed by atoms with van der Waals surface area (Å²) in [6.07, 6.45) is 6.70. The second-order valence-electron chi connectivity index (χ2n) is 5.56. The summed E-state index contributed by atoms with van der Waals surface area (Å²) in [6, 6.07) is 0. The minimum absolute atomic E-state index is 0.268. The molecule has 0 aliphatic heterocycles. The SMILES string of the molecule is CCOC1(c2nc(CC)c(C)c(NC)n2)CCCCC1. The van der Waals surface area contributed by atoms with E-state index in [0.717, 1.165) is 42.2 Å². The molecule has 0 spiro atoms. The Morgan fingerprint density at radius 2 is 1.85 bits per heavy atom. The lowest BCUT2D eigenvalue weighted by atomic mass is 9.83. The van der Waals surface area contributed by atoms with Gasteiger partial charge in [-0.1, -0.05) is 26.2 Å². The lowest BCUT2D eigenvalue weighted by Crippen LogP contribution is -2.35. The topological polar surface area (TPSA) is 47.0 Å². The molecule has 4 nitrogen and oxygen atoms in total. The van der Waals surface area contributed by atoms with Crippen LogP contribution in [0.3, 0.4) is 0 Å². The normalized spacial score (nSPS) is 18.0. The Morgan fingerprint density at radius 1 is 1.15 bits per heavy atom. The molecule has 0 bridgehead atoms. The van der Waals surface area contributed by atoms with Gasteiger partial charge in [0.05, 0.1) is 0 Å². The highest BCUT2D eigenvalue weighted by Crippen LogP contribution is 2.39. The van der Waals surface area contributed by atoms with Crippen LogP contribution in [0, 0.1) is 6.92 Å². The number of hydrogen-bond donors (Lipinski definition) is 1. The van der Waals surface area contributed by atoms with Crippen LogP contribution in [0.1, 0.15) is 63.0 Å². The monoisotopic (exact) mass is 277 g/mol. The Morgan fingerprint density at radius 3 is 2.40 bits per heavy atom. The zero-order valence-corrected chi connectivity index (χ0v) is 13.3. The van der Waals surface area contributed by atoms with Crippen LogP contribution in [-0.4, -0.2) is 23.6 Å². The molecule has 4 heteroatoms. The molecule has 1 N–H and O–H groups in total. The molecule has 0 atom stereocenters. The molecule has 1 aromatic rings. The zero-order chi connectivity index (χ0) is 14.6. The van der Waals surface area contributed by atoms with Gasteiger partial charge in [-0.25, -0.2) is 9.97 Å². The predicted molar refractivity (Wildman–Crippen MR) is 82.1 cm³/mol. The fourth-order valence-corrected chi connectivity index (χ4v) is 3.19. The Kier molecular flexibility index (Phi) is 4.97. The fourth-order valence-electron chi connectivity index (χ4n) is 3.19. The van der Waals surface area contributed by atoms with E-state index >= 15 is 0 Å².